The van der Waals surface area contributed by atoms with Gasteiger partial charge < -0.3 is 10.5 Å². The molecule has 0 unspecified atom stereocenters. The fourth-order valence-electron chi connectivity index (χ4n) is 1.30. The highest BCUT2D eigenvalue weighted by molar-refractivity contribution is 5.69. The van der Waals surface area contributed by atoms with Crippen molar-refractivity contribution in [1.82, 2.24) is 15.2 Å². The van der Waals surface area contributed by atoms with Crippen LogP contribution in [0.25, 0.3) is 11.3 Å². The fourth-order valence-corrected chi connectivity index (χ4v) is 1.30. The van der Waals surface area contributed by atoms with Gasteiger partial charge in [-0.2, -0.15) is 0 Å². The van der Waals surface area contributed by atoms with Crippen molar-refractivity contribution in [3.8, 4) is 17.0 Å². The smallest absolute Gasteiger partial charge is 0.165 e. The molecule has 6 heteroatoms. The Kier molecular flexibility index (Phi) is 2.63. The standard InChI is InChI=1S/C10H9FN4O/c1-16-8-3-2-6(4-7(8)11)9-10(12)13-5-14-15-9/h2-5H,1H3,(H2,12,13,14). The Balaban J connectivity index is 2.50. The molecule has 0 saturated heterocycles. The number of nitrogens with two attached hydrogens (primary N) is 1. The van der Waals surface area contributed by atoms with Gasteiger partial charge in [0.1, 0.15) is 12.0 Å². The Morgan fingerprint density at radius 1 is 1.38 bits per heavy atom. The van der Waals surface area contributed by atoms with Gasteiger partial charge in [-0.05, 0) is 18.2 Å². The van der Waals surface area contributed by atoms with Gasteiger partial charge >= 0.3 is 0 Å². The van der Waals surface area contributed by atoms with Gasteiger partial charge in [-0.3, -0.25) is 0 Å². The molecule has 0 saturated carbocycles. The third-order valence-corrected chi connectivity index (χ3v) is 2.07. The molecular weight excluding hydrogens is 211 g/mol. The predicted molar refractivity (Wildman–Crippen MR) is 56.2 cm³/mol. The molecule has 2 N–H and O–H groups in total. The minimum absolute atomic E-state index is 0.166. The van der Waals surface area contributed by atoms with Crippen molar-refractivity contribution in [2.75, 3.05) is 12.8 Å². The van der Waals surface area contributed by atoms with Gasteiger partial charge in [0.2, 0.25) is 0 Å². The summed E-state index contributed by atoms with van der Waals surface area (Å²) in [4.78, 5) is 3.78. The Morgan fingerprint density at radius 3 is 2.81 bits per heavy atom. The predicted octanol–water partition coefficient (Wildman–Crippen LogP) is 1.27. The van der Waals surface area contributed by atoms with Crippen LogP contribution in [0.1, 0.15) is 0 Å². The highest BCUT2D eigenvalue weighted by atomic mass is 19.1. The zero-order valence-electron chi connectivity index (χ0n) is 8.51. The third-order valence-electron chi connectivity index (χ3n) is 2.07. The van der Waals surface area contributed by atoms with E-state index in [4.69, 9.17) is 10.5 Å². The summed E-state index contributed by atoms with van der Waals surface area (Å²) in [6.07, 6.45) is 1.23. The van der Waals surface area contributed by atoms with E-state index in [0.717, 1.165) is 0 Å². The van der Waals surface area contributed by atoms with Crippen LogP contribution in [-0.4, -0.2) is 22.3 Å². The molecule has 0 spiro atoms. The van der Waals surface area contributed by atoms with E-state index >= 15 is 0 Å². The number of hydrogen-bond donors (Lipinski definition) is 1. The highest BCUT2D eigenvalue weighted by Crippen LogP contribution is 2.25. The molecule has 5 nitrogen and oxygen atoms in total. The summed E-state index contributed by atoms with van der Waals surface area (Å²) < 4.78 is 18.2. The zero-order chi connectivity index (χ0) is 11.5. The SMILES string of the molecule is COc1ccc(-c2nncnc2N)cc1F. The minimum atomic E-state index is -0.481. The second kappa shape index (κ2) is 4.09. The van der Waals surface area contributed by atoms with Crippen molar-refractivity contribution in [1.29, 1.82) is 0 Å². The van der Waals surface area contributed by atoms with Gasteiger partial charge in [0.15, 0.2) is 17.4 Å². The maximum absolute atomic E-state index is 13.4. The molecule has 2 aromatic rings. The van der Waals surface area contributed by atoms with Crippen LogP contribution in [0.2, 0.25) is 0 Å². The number of rotatable bonds is 2. The van der Waals surface area contributed by atoms with Crippen LogP contribution in [0.3, 0.4) is 0 Å². The Hall–Kier alpha value is -2.24. The first-order valence-corrected chi connectivity index (χ1v) is 4.49. The van der Waals surface area contributed by atoms with Crippen LogP contribution in [-0.2, 0) is 0 Å². The molecule has 0 amide bonds. The number of nitrogen functional groups attached to an aromatic ring is 1. The summed E-state index contributed by atoms with van der Waals surface area (Å²) >= 11 is 0. The van der Waals surface area contributed by atoms with Crippen molar-refractivity contribution in [3.05, 3.63) is 30.3 Å². The van der Waals surface area contributed by atoms with Crippen LogP contribution < -0.4 is 10.5 Å². The Labute approximate surface area is 91.1 Å². The summed E-state index contributed by atoms with van der Waals surface area (Å²) in [7, 11) is 1.40. The van der Waals surface area contributed by atoms with E-state index < -0.39 is 5.82 Å². The number of aromatic nitrogens is 3. The summed E-state index contributed by atoms with van der Waals surface area (Å²) in [6.45, 7) is 0. The molecule has 1 heterocycles. The first-order chi connectivity index (χ1) is 7.72. The first-order valence-electron chi connectivity index (χ1n) is 4.49. The summed E-state index contributed by atoms with van der Waals surface area (Å²) in [5, 5.41) is 7.40. The van der Waals surface area contributed by atoms with Crippen molar-refractivity contribution in [2.45, 2.75) is 0 Å². The second-order valence-corrected chi connectivity index (χ2v) is 3.04. The molecule has 0 bridgehead atoms. The molecule has 82 valence electrons. The van der Waals surface area contributed by atoms with Crippen molar-refractivity contribution >= 4 is 5.82 Å². The summed E-state index contributed by atoms with van der Waals surface area (Å²) in [5.74, 6) is -0.108. The highest BCUT2D eigenvalue weighted by Gasteiger charge is 2.09. The van der Waals surface area contributed by atoms with Gasteiger partial charge in [-0.25, -0.2) is 9.37 Å². The lowest BCUT2D eigenvalue weighted by Gasteiger charge is -2.05. The Morgan fingerprint density at radius 2 is 2.19 bits per heavy atom. The average molecular weight is 220 g/mol. The van der Waals surface area contributed by atoms with E-state index in [9.17, 15) is 4.39 Å². The fraction of sp³-hybridized carbons (Fsp3) is 0.100. The number of ether oxygens (including phenoxy) is 1. The number of halogens is 1. The number of nitrogens with zero attached hydrogens (tertiary/aromatic N) is 3. The van der Waals surface area contributed by atoms with E-state index in [2.05, 4.69) is 15.2 Å². The quantitative estimate of drug-likeness (QED) is 0.824. The minimum Gasteiger partial charge on any atom is -0.494 e. The van der Waals surface area contributed by atoms with E-state index in [1.807, 2.05) is 0 Å². The molecule has 1 aromatic heterocycles. The van der Waals surface area contributed by atoms with E-state index in [0.29, 0.717) is 11.3 Å². The van der Waals surface area contributed by atoms with Crippen LogP contribution in [0, 0.1) is 5.82 Å². The molecule has 0 aliphatic rings. The maximum atomic E-state index is 13.4. The van der Waals surface area contributed by atoms with Gasteiger partial charge in [0.25, 0.3) is 0 Å². The maximum Gasteiger partial charge on any atom is 0.165 e. The lowest BCUT2D eigenvalue weighted by atomic mass is 10.1. The topological polar surface area (TPSA) is 73.9 Å². The summed E-state index contributed by atoms with van der Waals surface area (Å²) in [6, 6.07) is 4.42. The molecule has 0 aliphatic heterocycles. The van der Waals surface area contributed by atoms with Crippen molar-refractivity contribution in [3.63, 3.8) is 0 Å². The number of anilines is 1. The molecular formula is C10H9FN4O. The Bertz CT molecular complexity index is 518. The molecule has 0 fully saturated rings. The largest absolute Gasteiger partial charge is 0.494 e. The van der Waals surface area contributed by atoms with E-state index in [-0.39, 0.29) is 11.6 Å². The molecule has 16 heavy (non-hydrogen) atoms. The second-order valence-electron chi connectivity index (χ2n) is 3.04. The van der Waals surface area contributed by atoms with Gasteiger partial charge in [-0.1, -0.05) is 0 Å². The normalized spacial score (nSPS) is 10.1. The average Bonchev–Trinajstić information content (AvgIpc) is 2.29. The van der Waals surface area contributed by atoms with Crippen LogP contribution in [0.4, 0.5) is 10.2 Å². The lowest BCUT2D eigenvalue weighted by Crippen LogP contribution is -1.99. The number of benzene rings is 1. The molecule has 0 atom stereocenters. The first kappa shape index (κ1) is 10.3. The molecule has 0 aliphatic carbocycles. The van der Waals surface area contributed by atoms with Crippen molar-refractivity contribution < 1.29 is 9.13 Å². The number of hydrogen-bond acceptors (Lipinski definition) is 5. The van der Waals surface area contributed by atoms with Gasteiger partial charge in [-0.15, -0.1) is 10.2 Å². The van der Waals surface area contributed by atoms with Crippen molar-refractivity contribution in [2.24, 2.45) is 0 Å². The van der Waals surface area contributed by atoms with Crippen LogP contribution in [0.15, 0.2) is 24.5 Å². The molecule has 1 aromatic carbocycles. The molecule has 0 radical (unpaired) electrons. The van der Waals surface area contributed by atoms with Gasteiger partial charge in [0.05, 0.1) is 7.11 Å². The lowest BCUT2D eigenvalue weighted by molar-refractivity contribution is 0.386. The van der Waals surface area contributed by atoms with Crippen LogP contribution >= 0.6 is 0 Å². The van der Waals surface area contributed by atoms with E-state index in [1.54, 1.807) is 6.07 Å². The zero-order valence-corrected chi connectivity index (χ0v) is 8.51. The van der Waals surface area contributed by atoms with Gasteiger partial charge in [0, 0.05) is 5.56 Å². The third kappa shape index (κ3) is 1.77. The van der Waals surface area contributed by atoms with E-state index in [1.165, 1.54) is 25.6 Å². The monoisotopic (exact) mass is 220 g/mol. The number of methoxy groups -OCH3 is 1. The molecule has 2 rings (SSSR count). The van der Waals surface area contributed by atoms with Crippen LogP contribution in [0.5, 0.6) is 5.75 Å². The summed E-state index contributed by atoms with van der Waals surface area (Å²) in [5.41, 5.74) is 6.47.